The van der Waals surface area contributed by atoms with E-state index in [1.807, 2.05) is 32.9 Å². The molecule has 5 rings (SSSR count). The number of carbonyl (C=O) groups is 2. The maximum Gasteiger partial charge on any atom is 0.410 e. The third-order valence-corrected chi connectivity index (χ3v) is 7.40. The van der Waals surface area contributed by atoms with Gasteiger partial charge in [-0.1, -0.05) is 0 Å². The second-order valence-electron chi connectivity index (χ2n) is 11.7. The summed E-state index contributed by atoms with van der Waals surface area (Å²) < 4.78 is 27.5. The number of aromatic nitrogens is 4. The molecule has 0 spiro atoms. The molecular weight excluding hydrogens is 567 g/mol. The van der Waals surface area contributed by atoms with Gasteiger partial charge in [-0.25, -0.2) is 18.9 Å². The number of esters is 1. The lowest BCUT2D eigenvalue weighted by atomic mass is 9.82. The number of aliphatic hydroxyl groups excluding tert-OH is 1. The van der Waals surface area contributed by atoms with Crippen molar-refractivity contribution < 1.29 is 28.6 Å². The fourth-order valence-electron chi connectivity index (χ4n) is 5.28. The van der Waals surface area contributed by atoms with E-state index >= 15 is 4.39 Å². The van der Waals surface area contributed by atoms with Crippen LogP contribution in [0.2, 0.25) is 0 Å². The Morgan fingerprint density at radius 1 is 1.14 bits per heavy atom. The van der Waals surface area contributed by atoms with Crippen LogP contribution in [0.3, 0.4) is 0 Å². The Bertz CT molecular complexity index is 1640. The van der Waals surface area contributed by atoms with Crippen LogP contribution in [0, 0.1) is 11.7 Å². The first-order valence-electron chi connectivity index (χ1n) is 14.7. The molecule has 0 aliphatic carbocycles. The van der Waals surface area contributed by atoms with Crippen LogP contribution in [0.25, 0.3) is 16.6 Å². The molecule has 1 unspecified atom stereocenters. The highest BCUT2D eigenvalue weighted by Gasteiger charge is 2.36. The Labute approximate surface area is 255 Å². The Balaban J connectivity index is 1.35. The fourth-order valence-corrected chi connectivity index (χ4v) is 5.28. The summed E-state index contributed by atoms with van der Waals surface area (Å²) in [7, 11) is 0. The van der Waals surface area contributed by atoms with Gasteiger partial charge in [0.25, 0.3) is 0 Å². The van der Waals surface area contributed by atoms with Gasteiger partial charge in [0, 0.05) is 43.0 Å². The number of nitrogens with one attached hydrogen (secondary N) is 1. The minimum Gasteiger partial charge on any atom is -0.465 e. The van der Waals surface area contributed by atoms with Crippen molar-refractivity contribution in [3.8, 4) is 5.69 Å². The zero-order valence-electron chi connectivity index (χ0n) is 25.3. The van der Waals surface area contributed by atoms with Gasteiger partial charge in [-0.15, -0.1) is 0 Å². The molecule has 1 amide bonds. The number of halogens is 1. The minimum atomic E-state index is -0.608. The number of benzene rings is 1. The SMILES string of the molecule is CCOC(=O)C(c1ccc2cnc(Nc3ccc(-n4ccc(CO)n4)cc3F)cc2n1)C1CCN(C(=O)OC(C)(C)C)CC1. The van der Waals surface area contributed by atoms with Crippen LogP contribution in [-0.4, -0.2) is 67.1 Å². The quantitative estimate of drug-likeness (QED) is 0.251. The number of amides is 1. The molecule has 12 heteroatoms. The average molecular weight is 605 g/mol. The van der Waals surface area contributed by atoms with Crippen LogP contribution >= 0.6 is 0 Å². The number of rotatable bonds is 8. The standard InChI is InChI=1S/C32H37FN6O5/c1-5-43-30(41)29(20-10-13-38(14-11-20)31(42)44-32(2,3)4)26-8-6-21-18-34-28(17-27(21)35-26)36-25-9-7-23(16-24(25)33)39-15-12-22(19-40)37-39/h6-9,12,15-18,20,29,40H,5,10-11,13-14,19H2,1-4H3,(H,34,36). The molecule has 0 bridgehead atoms. The van der Waals surface area contributed by atoms with Crippen molar-refractivity contribution in [2.24, 2.45) is 5.92 Å². The molecule has 1 aliphatic rings. The molecule has 0 radical (unpaired) electrons. The molecule has 44 heavy (non-hydrogen) atoms. The number of ether oxygens (including phenoxy) is 2. The van der Waals surface area contributed by atoms with E-state index in [4.69, 9.17) is 14.5 Å². The molecule has 4 heterocycles. The number of pyridine rings is 2. The van der Waals surface area contributed by atoms with E-state index in [9.17, 15) is 14.7 Å². The van der Waals surface area contributed by atoms with Crippen LogP contribution in [-0.2, 0) is 20.9 Å². The highest BCUT2D eigenvalue weighted by molar-refractivity contribution is 5.83. The Hall–Kier alpha value is -4.58. The number of hydrogen-bond acceptors (Lipinski definition) is 9. The smallest absolute Gasteiger partial charge is 0.410 e. The largest absolute Gasteiger partial charge is 0.465 e. The van der Waals surface area contributed by atoms with Gasteiger partial charge in [0.1, 0.15) is 23.2 Å². The lowest BCUT2D eigenvalue weighted by Gasteiger charge is -2.35. The monoisotopic (exact) mass is 604 g/mol. The summed E-state index contributed by atoms with van der Waals surface area (Å²) in [6, 6.07) is 11.7. The second kappa shape index (κ2) is 13.0. The summed E-state index contributed by atoms with van der Waals surface area (Å²) in [5.74, 6) is -1.16. The summed E-state index contributed by atoms with van der Waals surface area (Å²) >= 11 is 0. The van der Waals surface area contributed by atoms with Crippen molar-refractivity contribution in [3.05, 3.63) is 72.1 Å². The van der Waals surface area contributed by atoms with Crippen LogP contribution in [0.4, 0.5) is 20.7 Å². The molecule has 1 atom stereocenters. The number of anilines is 2. The third-order valence-electron chi connectivity index (χ3n) is 7.40. The van der Waals surface area contributed by atoms with Crippen molar-refractivity contribution in [1.82, 2.24) is 24.6 Å². The molecule has 1 aliphatic heterocycles. The average Bonchev–Trinajstić information content (AvgIpc) is 3.47. The number of nitrogens with zero attached hydrogens (tertiary/aromatic N) is 5. The van der Waals surface area contributed by atoms with E-state index in [1.165, 1.54) is 10.7 Å². The topological polar surface area (TPSA) is 132 Å². The van der Waals surface area contributed by atoms with Gasteiger partial charge in [-0.3, -0.25) is 9.78 Å². The van der Waals surface area contributed by atoms with E-state index in [-0.39, 0.29) is 36.9 Å². The van der Waals surface area contributed by atoms with Crippen LogP contribution in [0.15, 0.2) is 54.9 Å². The van der Waals surface area contributed by atoms with Gasteiger partial charge >= 0.3 is 12.1 Å². The summed E-state index contributed by atoms with van der Waals surface area (Å²) in [5, 5.41) is 17.2. The van der Waals surface area contributed by atoms with Crippen molar-refractivity contribution in [2.75, 3.05) is 25.0 Å². The van der Waals surface area contributed by atoms with Crippen molar-refractivity contribution in [2.45, 2.75) is 58.7 Å². The van der Waals surface area contributed by atoms with Crippen LogP contribution in [0.5, 0.6) is 0 Å². The number of fused-ring (bicyclic) bond motifs is 1. The maximum absolute atomic E-state index is 15.0. The number of hydrogen-bond donors (Lipinski definition) is 2. The van der Waals surface area contributed by atoms with E-state index in [1.54, 1.807) is 48.5 Å². The first kappa shape index (κ1) is 30.9. The molecule has 232 valence electrons. The Kier molecular flexibility index (Phi) is 9.09. The number of likely N-dealkylation sites (tertiary alicyclic amines) is 1. The highest BCUT2D eigenvalue weighted by Crippen LogP contribution is 2.35. The van der Waals surface area contributed by atoms with Gasteiger partial charge < -0.3 is 24.8 Å². The zero-order chi connectivity index (χ0) is 31.4. The van der Waals surface area contributed by atoms with Crippen molar-refractivity contribution in [1.29, 1.82) is 0 Å². The predicted octanol–water partition coefficient (Wildman–Crippen LogP) is 5.48. The number of aliphatic hydroxyl groups is 1. The zero-order valence-corrected chi connectivity index (χ0v) is 25.3. The van der Waals surface area contributed by atoms with Gasteiger partial charge in [0.15, 0.2) is 0 Å². The molecule has 1 fully saturated rings. The summed E-state index contributed by atoms with van der Waals surface area (Å²) in [6.07, 6.45) is 4.12. The van der Waals surface area contributed by atoms with E-state index < -0.39 is 17.3 Å². The molecule has 3 aromatic heterocycles. The molecule has 1 saturated heterocycles. The molecule has 11 nitrogen and oxygen atoms in total. The summed E-state index contributed by atoms with van der Waals surface area (Å²) in [4.78, 5) is 36.7. The Morgan fingerprint density at radius 3 is 2.57 bits per heavy atom. The fraction of sp³-hybridized carbons (Fsp3) is 0.406. The van der Waals surface area contributed by atoms with Crippen molar-refractivity contribution in [3.63, 3.8) is 0 Å². The summed E-state index contributed by atoms with van der Waals surface area (Å²) in [5.41, 5.74) is 1.78. The van der Waals surface area contributed by atoms with E-state index in [0.29, 0.717) is 54.3 Å². The van der Waals surface area contributed by atoms with Crippen LogP contribution in [0.1, 0.15) is 57.8 Å². The van der Waals surface area contributed by atoms with Gasteiger partial charge in [-0.2, -0.15) is 5.10 Å². The molecule has 2 N–H and O–H groups in total. The minimum absolute atomic E-state index is 0.0760. The molecule has 0 saturated carbocycles. The number of carbonyl (C=O) groups excluding carboxylic acids is 2. The Morgan fingerprint density at radius 2 is 1.91 bits per heavy atom. The van der Waals surface area contributed by atoms with Gasteiger partial charge in [0.2, 0.25) is 0 Å². The molecular formula is C32H37FN6O5. The van der Waals surface area contributed by atoms with E-state index in [0.717, 1.165) is 5.39 Å². The summed E-state index contributed by atoms with van der Waals surface area (Å²) in [6.45, 7) is 8.24. The lowest BCUT2D eigenvalue weighted by molar-refractivity contribution is -0.147. The normalized spacial score (nSPS) is 14.8. The maximum atomic E-state index is 15.0. The van der Waals surface area contributed by atoms with Gasteiger partial charge in [-0.05, 0) is 76.8 Å². The lowest BCUT2D eigenvalue weighted by Crippen LogP contribution is -2.43. The van der Waals surface area contributed by atoms with Crippen LogP contribution < -0.4 is 5.32 Å². The molecule has 4 aromatic rings. The third kappa shape index (κ3) is 7.13. The first-order chi connectivity index (χ1) is 21.0. The van der Waals surface area contributed by atoms with Gasteiger partial charge in [0.05, 0.1) is 41.5 Å². The first-order valence-corrected chi connectivity index (χ1v) is 14.7. The number of piperidine rings is 1. The predicted molar refractivity (Wildman–Crippen MR) is 162 cm³/mol. The van der Waals surface area contributed by atoms with Crippen molar-refractivity contribution >= 4 is 34.5 Å². The highest BCUT2D eigenvalue weighted by atomic mass is 19.1. The molecule has 1 aromatic carbocycles. The van der Waals surface area contributed by atoms with E-state index in [2.05, 4.69) is 15.4 Å². The second-order valence-corrected chi connectivity index (χ2v) is 11.7.